The van der Waals surface area contributed by atoms with Gasteiger partial charge in [0.2, 0.25) is 0 Å². The Bertz CT molecular complexity index is 1110. The zero-order valence-corrected chi connectivity index (χ0v) is 16.2. The molecule has 0 spiro atoms. The van der Waals surface area contributed by atoms with Crippen molar-refractivity contribution in [2.75, 3.05) is 0 Å². The van der Waals surface area contributed by atoms with E-state index >= 15 is 0 Å². The summed E-state index contributed by atoms with van der Waals surface area (Å²) in [5.74, 6) is 0.675. The van der Waals surface area contributed by atoms with E-state index in [1.807, 2.05) is 6.07 Å². The molecule has 2 heteroatoms. The summed E-state index contributed by atoms with van der Waals surface area (Å²) < 4.78 is 2.51. The lowest BCUT2D eigenvalue weighted by Gasteiger charge is -2.18. The summed E-state index contributed by atoms with van der Waals surface area (Å²) in [6.07, 6.45) is 5.98. The number of aromatic nitrogens is 1. The molecule has 0 fully saturated rings. The molecule has 4 rings (SSSR count). The van der Waals surface area contributed by atoms with E-state index in [-0.39, 0.29) is 0 Å². The fraction of sp³-hybridized carbons (Fsp3) is 0.320. The number of fused-ring (bicyclic) bond motifs is 5. The van der Waals surface area contributed by atoms with Gasteiger partial charge < -0.3 is 4.57 Å². The summed E-state index contributed by atoms with van der Waals surface area (Å²) in [6.45, 7) is 5.60. The van der Waals surface area contributed by atoms with Gasteiger partial charge in [-0.15, -0.1) is 0 Å². The van der Waals surface area contributed by atoms with Crippen LogP contribution in [-0.2, 0) is 6.54 Å². The fourth-order valence-electron chi connectivity index (χ4n) is 4.40. The third kappa shape index (κ3) is 3.03. The molecule has 1 atom stereocenters. The predicted molar refractivity (Wildman–Crippen MR) is 116 cm³/mol. The molecule has 4 aromatic rings. The summed E-state index contributed by atoms with van der Waals surface area (Å²) in [4.78, 5) is 11.7. The van der Waals surface area contributed by atoms with Crippen LogP contribution in [0, 0.1) is 5.92 Å². The highest BCUT2D eigenvalue weighted by Crippen LogP contribution is 2.36. The van der Waals surface area contributed by atoms with Crippen LogP contribution in [0.2, 0.25) is 0 Å². The van der Waals surface area contributed by atoms with E-state index in [1.54, 1.807) is 0 Å². The Morgan fingerprint density at radius 2 is 1.63 bits per heavy atom. The molecule has 2 nitrogen and oxygen atoms in total. The Hall–Kier alpha value is -2.61. The quantitative estimate of drug-likeness (QED) is 0.327. The van der Waals surface area contributed by atoms with Crippen LogP contribution in [0.15, 0.2) is 54.6 Å². The van der Waals surface area contributed by atoms with Crippen LogP contribution in [0.25, 0.3) is 32.6 Å². The van der Waals surface area contributed by atoms with E-state index in [0.717, 1.165) is 23.8 Å². The molecule has 0 radical (unpaired) electrons. The van der Waals surface area contributed by atoms with Crippen LogP contribution in [0.5, 0.6) is 0 Å². The summed E-state index contributed by atoms with van der Waals surface area (Å²) in [5.41, 5.74) is 3.32. The molecule has 27 heavy (non-hydrogen) atoms. The van der Waals surface area contributed by atoms with Crippen LogP contribution in [0.1, 0.15) is 49.9 Å². The van der Waals surface area contributed by atoms with Gasteiger partial charge in [0.25, 0.3) is 0 Å². The Morgan fingerprint density at radius 3 is 2.33 bits per heavy atom. The van der Waals surface area contributed by atoms with Crippen LogP contribution in [-0.4, -0.2) is 10.9 Å². The van der Waals surface area contributed by atoms with Crippen LogP contribution < -0.4 is 0 Å². The van der Waals surface area contributed by atoms with Gasteiger partial charge in [0, 0.05) is 33.8 Å². The highest BCUT2D eigenvalue weighted by atomic mass is 16.1. The third-order valence-electron chi connectivity index (χ3n) is 5.91. The van der Waals surface area contributed by atoms with E-state index in [2.05, 4.69) is 66.9 Å². The van der Waals surface area contributed by atoms with E-state index < -0.39 is 0 Å². The number of aldehydes is 1. The minimum absolute atomic E-state index is 0.675. The molecule has 0 N–H and O–H groups in total. The smallest absolute Gasteiger partial charge is 0.150 e. The summed E-state index contributed by atoms with van der Waals surface area (Å²) >= 11 is 0. The van der Waals surface area contributed by atoms with Gasteiger partial charge in [-0.2, -0.15) is 0 Å². The Labute approximate surface area is 160 Å². The second kappa shape index (κ2) is 7.56. The van der Waals surface area contributed by atoms with Gasteiger partial charge in [-0.25, -0.2) is 0 Å². The van der Waals surface area contributed by atoms with Crippen molar-refractivity contribution in [2.24, 2.45) is 5.92 Å². The minimum Gasteiger partial charge on any atom is -0.340 e. The van der Waals surface area contributed by atoms with Crippen molar-refractivity contribution in [1.29, 1.82) is 0 Å². The lowest BCUT2D eigenvalue weighted by molar-refractivity contribution is 0.112. The van der Waals surface area contributed by atoms with Crippen molar-refractivity contribution in [3.8, 4) is 0 Å². The zero-order chi connectivity index (χ0) is 18.8. The maximum atomic E-state index is 11.7. The number of hydrogen-bond donors (Lipinski definition) is 0. The number of para-hydroxylation sites is 1. The zero-order valence-electron chi connectivity index (χ0n) is 16.2. The summed E-state index contributed by atoms with van der Waals surface area (Å²) in [7, 11) is 0. The molecule has 0 aliphatic heterocycles. The molecule has 1 aromatic heterocycles. The fourth-order valence-corrected chi connectivity index (χ4v) is 4.40. The standard InChI is InChI=1S/C25H27NO/c1-3-5-10-18(4-2)16-26-24-14-9-8-12-21(24)23-15-19(17-27)20-11-6-7-13-22(20)25(23)26/h6-9,11-15,17-18H,3-5,10,16H2,1-2H3. The van der Waals surface area contributed by atoms with Crippen LogP contribution >= 0.6 is 0 Å². The first-order valence-corrected chi connectivity index (χ1v) is 10.2. The summed E-state index contributed by atoms with van der Waals surface area (Å²) in [5, 5.41) is 4.66. The lowest BCUT2D eigenvalue weighted by Crippen LogP contribution is -2.10. The number of hydrogen-bond acceptors (Lipinski definition) is 1. The average molecular weight is 357 g/mol. The SMILES string of the molecule is CCCCC(CC)Cn1c2ccccc2c2cc(C=O)c3ccccc3c21. The monoisotopic (exact) mass is 357 g/mol. The van der Waals surface area contributed by atoms with Crippen molar-refractivity contribution in [3.05, 3.63) is 60.2 Å². The molecule has 0 aliphatic carbocycles. The number of carbonyl (C=O) groups is 1. The Balaban J connectivity index is 2.03. The van der Waals surface area contributed by atoms with E-state index in [4.69, 9.17) is 0 Å². The van der Waals surface area contributed by atoms with Crippen LogP contribution in [0.3, 0.4) is 0 Å². The maximum Gasteiger partial charge on any atom is 0.150 e. The molecule has 138 valence electrons. The molecule has 0 amide bonds. The third-order valence-corrected chi connectivity index (χ3v) is 5.91. The molecule has 1 heterocycles. The topological polar surface area (TPSA) is 22.0 Å². The first-order valence-electron chi connectivity index (χ1n) is 10.2. The molecule has 0 bridgehead atoms. The van der Waals surface area contributed by atoms with Gasteiger partial charge in [0.1, 0.15) is 0 Å². The number of rotatable bonds is 7. The molecule has 0 saturated carbocycles. The van der Waals surface area contributed by atoms with Gasteiger partial charge in [-0.05, 0) is 29.9 Å². The van der Waals surface area contributed by atoms with E-state index in [9.17, 15) is 4.79 Å². The largest absolute Gasteiger partial charge is 0.340 e. The highest BCUT2D eigenvalue weighted by Gasteiger charge is 2.17. The van der Waals surface area contributed by atoms with Crippen molar-refractivity contribution in [2.45, 2.75) is 46.1 Å². The first kappa shape index (κ1) is 17.8. The second-order valence-corrected chi connectivity index (χ2v) is 7.57. The molecule has 0 saturated heterocycles. The Kier molecular flexibility index (Phi) is 4.98. The highest BCUT2D eigenvalue weighted by molar-refractivity contribution is 6.20. The van der Waals surface area contributed by atoms with Gasteiger partial charge in [-0.1, -0.05) is 75.6 Å². The number of nitrogens with zero attached hydrogens (tertiary/aromatic N) is 1. The normalized spacial score (nSPS) is 12.8. The number of carbonyl (C=O) groups excluding carboxylic acids is 1. The van der Waals surface area contributed by atoms with Crippen molar-refractivity contribution < 1.29 is 4.79 Å². The molecule has 3 aromatic carbocycles. The predicted octanol–water partition coefficient (Wildman–Crippen LogP) is 6.98. The van der Waals surface area contributed by atoms with Crippen LogP contribution in [0.4, 0.5) is 0 Å². The molecular formula is C25H27NO. The minimum atomic E-state index is 0.675. The van der Waals surface area contributed by atoms with Gasteiger partial charge in [0.15, 0.2) is 6.29 Å². The first-order chi connectivity index (χ1) is 13.3. The maximum absolute atomic E-state index is 11.7. The number of unbranched alkanes of at least 4 members (excludes halogenated alkanes) is 1. The van der Waals surface area contributed by atoms with Gasteiger partial charge >= 0.3 is 0 Å². The average Bonchev–Trinajstić information content (AvgIpc) is 3.04. The molecular weight excluding hydrogens is 330 g/mol. The van der Waals surface area contributed by atoms with E-state index in [0.29, 0.717) is 5.92 Å². The van der Waals surface area contributed by atoms with Gasteiger partial charge in [-0.3, -0.25) is 4.79 Å². The molecule has 0 aliphatic rings. The summed E-state index contributed by atoms with van der Waals surface area (Å²) in [6, 6.07) is 19.0. The molecule has 1 unspecified atom stereocenters. The van der Waals surface area contributed by atoms with Gasteiger partial charge in [0.05, 0.1) is 5.52 Å². The van der Waals surface area contributed by atoms with Crippen molar-refractivity contribution >= 4 is 38.9 Å². The Morgan fingerprint density at radius 1 is 0.926 bits per heavy atom. The second-order valence-electron chi connectivity index (χ2n) is 7.57. The lowest BCUT2D eigenvalue weighted by atomic mass is 9.98. The van der Waals surface area contributed by atoms with Crippen molar-refractivity contribution in [3.63, 3.8) is 0 Å². The van der Waals surface area contributed by atoms with Crippen molar-refractivity contribution in [1.82, 2.24) is 4.57 Å². The van der Waals surface area contributed by atoms with E-state index in [1.165, 1.54) is 52.9 Å². The number of benzene rings is 3.